The third kappa shape index (κ3) is 0.476. The molecule has 0 aromatic rings. The molecule has 4 fully saturated rings. The van der Waals surface area contributed by atoms with Crippen LogP contribution >= 0.6 is 15.9 Å². The summed E-state index contributed by atoms with van der Waals surface area (Å²) in [5.74, 6) is 2.22. The molecule has 5 aliphatic heterocycles. The van der Waals surface area contributed by atoms with Gasteiger partial charge in [-0.2, -0.15) is 0 Å². The van der Waals surface area contributed by atoms with Gasteiger partial charge in [0.2, 0.25) is 0 Å². The topological polar surface area (TPSA) is 38.8 Å². The third-order valence-corrected chi connectivity index (χ3v) is 5.49. The lowest BCUT2D eigenvalue weighted by Gasteiger charge is -2.53. The van der Waals surface area contributed by atoms with Crippen molar-refractivity contribution in [1.82, 2.24) is 5.06 Å². The van der Waals surface area contributed by atoms with Gasteiger partial charge in [-0.05, 0) is 34.3 Å². The van der Waals surface area contributed by atoms with E-state index in [0.29, 0.717) is 5.92 Å². The maximum Gasteiger partial charge on any atom is 0.256 e. The Morgan fingerprint density at radius 3 is 3.00 bits per heavy atom. The zero-order chi connectivity index (χ0) is 10.9. The van der Waals surface area contributed by atoms with Crippen LogP contribution in [0.3, 0.4) is 0 Å². The van der Waals surface area contributed by atoms with Crippen molar-refractivity contribution in [3.05, 3.63) is 22.1 Å². The summed E-state index contributed by atoms with van der Waals surface area (Å²) in [5.41, 5.74) is -0.849. The Balaban J connectivity index is 1.82. The number of hydrogen-bond donors (Lipinski definition) is 0. The molecule has 4 nitrogen and oxygen atoms in total. The van der Waals surface area contributed by atoms with Crippen LogP contribution in [-0.4, -0.2) is 22.6 Å². The molecule has 4 atom stereocenters. The quantitative estimate of drug-likeness (QED) is 0.675. The van der Waals surface area contributed by atoms with Crippen LogP contribution in [0, 0.1) is 11.3 Å². The van der Waals surface area contributed by atoms with Crippen molar-refractivity contribution in [2.75, 3.05) is 0 Å². The highest BCUT2D eigenvalue weighted by molar-refractivity contribution is 9.12. The number of carbonyl (C=O) groups is 1. The van der Waals surface area contributed by atoms with Crippen LogP contribution in [0.25, 0.3) is 0 Å². The van der Waals surface area contributed by atoms with E-state index in [1.54, 1.807) is 0 Å². The fourth-order valence-electron chi connectivity index (χ4n) is 3.81. The second-order valence-electron chi connectivity index (χ2n) is 5.26. The number of nitrogens with zero attached hydrogens (tertiary/aromatic N) is 1. The molecule has 2 aliphatic carbocycles. The van der Waals surface area contributed by atoms with Gasteiger partial charge in [0, 0.05) is 0 Å². The number of allylic oxidation sites excluding steroid dienone is 1. The Hall–Kier alpha value is -0.810. The molecular formula is C11H8BrNO3. The normalized spacial score (nSPS) is 54.2. The lowest BCUT2D eigenvalue weighted by Crippen LogP contribution is -2.66. The smallest absolute Gasteiger partial charge is 0.256 e. The molecule has 0 aromatic heterocycles. The van der Waals surface area contributed by atoms with E-state index >= 15 is 0 Å². The monoisotopic (exact) mass is 281 g/mol. The van der Waals surface area contributed by atoms with Gasteiger partial charge in [0.15, 0.2) is 11.4 Å². The lowest BCUT2D eigenvalue weighted by molar-refractivity contribution is -0.328. The maximum atomic E-state index is 12.3. The van der Waals surface area contributed by atoms with Crippen molar-refractivity contribution in [2.24, 2.45) is 11.3 Å². The highest BCUT2D eigenvalue weighted by atomic mass is 79.9. The van der Waals surface area contributed by atoms with Crippen molar-refractivity contribution in [3.8, 4) is 0 Å². The largest absolute Gasteiger partial charge is 0.456 e. The van der Waals surface area contributed by atoms with Gasteiger partial charge < -0.3 is 4.74 Å². The van der Waals surface area contributed by atoms with Gasteiger partial charge in [-0.15, -0.1) is 0 Å². The van der Waals surface area contributed by atoms with Gasteiger partial charge in [0.05, 0.1) is 5.41 Å². The van der Waals surface area contributed by atoms with Gasteiger partial charge in [-0.25, -0.2) is 5.06 Å². The van der Waals surface area contributed by atoms with Crippen LogP contribution in [0.4, 0.5) is 0 Å². The summed E-state index contributed by atoms with van der Waals surface area (Å²) in [4.78, 5) is 18.0. The standard InChI is InChI=1S/C11H8BrNO3/c1-4-3-10(4)9(14)13-6-2-5-7(12)8(15-5)11(6,10)16-13/h2,4,6H,3H2,1H3/t4-,6+,10-,11+/m0/s1. The third-order valence-electron chi connectivity index (χ3n) is 4.74. The van der Waals surface area contributed by atoms with E-state index in [2.05, 4.69) is 22.9 Å². The van der Waals surface area contributed by atoms with E-state index in [1.807, 2.05) is 6.08 Å². The number of hydroxylamine groups is 2. The SMILES string of the molecule is C[C@H]1C[C@@]12C(=O)N1O[C@]23C2=C(Br)C(=C[C@@H]13)O2. The Morgan fingerprint density at radius 1 is 1.62 bits per heavy atom. The molecule has 7 aliphatic rings. The number of hydrogen-bond acceptors (Lipinski definition) is 3. The molecule has 5 heterocycles. The number of rotatable bonds is 0. The Labute approximate surface area is 100.0 Å². The zero-order valence-electron chi connectivity index (χ0n) is 8.49. The van der Waals surface area contributed by atoms with Gasteiger partial charge >= 0.3 is 0 Å². The number of halogens is 1. The molecule has 7 rings (SSSR count). The Bertz CT molecular complexity index is 553. The number of ether oxygens (including phenoxy) is 1. The summed E-state index contributed by atoms with van der Waals surface area (Å²) < 4.78 is 6.59. The first kappa shape index (κ1) is 8.31. The van der Waals surface area contributed by atoms with Crippen LogP contribution in [0.5, 0.6) is 0 Å². The predicted octanol–water partition coefficient (Wildman–Crippen LogP) is 1.44. The average Bonchev–Trinajstić information content (AvgIpc) is 2.79. The van der Waals surface area contributed by atoms with Crippen molar-refractivity contribution >= 4 is 21.8 Å². The van der Waals surface area contributed by atoms with Crippen molar-refractivity contribution < 1.29 is 14.4 Å². The Kier molecular flexibility index (Phi) is 0.978. The maximum absolute atomic E-state index is 12.3. The number of carbonyl (C=O) groups excluding carboxylic acids is 1. The minimum Gasteiger partial charge on any atom is -0.456 e. The van der Waals surface area contributed by atoms with Crippen molar-refractivity contribution in [3.63, 3.8) is 0 Å². The molecule has 3 saturated heterocycles. The molecule has 0 aromatic carbocycles. The van der Waals surface area contributed by atoms with Gasteiger partial charge in [0.1, 0.15) is 16.3 Å². The van der Waals surface area contributed by atoms with E-state index < -0.39 is 5.60 Å². The molecule has 1 amide bonds. The van der Waals surface area contributed by atoms with Crippen LogP contribution in [-0.2, 0) is 14.4 Å². The minimum absolute atomic E-state index is 0.0741. The summed E-state index contributed by atoms with van der Waals surface area (Å²) in [5, 5.41) is 1.53. The second-order valence-corrected chi connectivity index (χ2v) is 6.05. The average molecular weight is 282 g/mol. The lowest BCUT2D eigenvalue weighted by atomic mass is 9.74. The summed E-state index contributed by atoms with van der Waals surface area (Å²) in [6.45, 7) is 2.11. The minimum atomic E-state index is -0.510. The summed E-state index contributed by atoms with van der Waals surface area (Å²) in [6, 6.07) is 0.0741. The summed E-state index contributed by atoms with van der Waals surface area (Å²) in [7, 11) is 0. The zero-order valence-corrected chi connectivity index (χ0v) is 10.1. The molecular weight excluding hydrogens is 274 g/mol. The van der Waals surface area contributed by atoms with Crippen LogP contribution in [0.2, 0.25) is 0 Å². The molecule has 0 unspecified atom stereocenters. The first-order valence-electron chi connectivity index (χ1n) is 5.46. The fourth-order valence-corrected chi connectivity index (χ4v) is 4.40. The van der Waals surface area contributed by atoms with E-state index in [9.17, 15) is 4.79 Å². The van der Waals surface area contributed by atoms with Crippen LogP contribution in [0.15, 0.2) is 22.1 Å². The Morgan fingerprint density at radius 2 is 2.38 bits per heavy atom. The first-order valence-corrected chi connectivity index (χ1v) is 6.25. The fraction of sp³-hybridized carbons (Fsp3) is 0.545. The first-order chi connectivity index (χ1) is 7.63. The molecule has 5 heteroatoms. The molecule has 0 N–H and O–H groups in total. The van der Waals surface area contributed by atoms with Crippen molar-refractivity contribution in [1.29, 1.82) is 0 Å². The predicted molar refractivity (Wildman–Crippen MR) is 55.8 cm³/mol. The molecule has 1 saturated carbocycles. The molecule has 2 spiro atoms. The van der Waals surface area contributed by atoms with Crippen LogP contribution < -0.4 is 0 Å². The summed E-state index contributed by atoms with van der Waals surface area (Å²) in [6.07, 6.45) is 2.91. The molecule has 16 heavy (non-hydrogen) atoms. The van der Waals surface area contributed by atoms with Gasteiger partial charge in [-0.1, -0.05) is 6.92 Å². The number of amides is 1. The van der Waals surface area contributed by atoms with Gasteiger partial charge in [-0.3, -0.25) is 9.63 Å². The van der Waals surface area contributed by atoms with E-state index in [-0.39, 0.29) is 17.4 Å². The van der Waals surface area contributed by atoms with E-state index in [0.717, 1.165) is 22.4 Å². The second kappa shape index (κ2) is 1.88. The van der Waals surface area contributed by atoms with Gasteiger partial charge in [0.25, 0.3) is 5.91 Å². The molecule has 0 radical (unpaired) electrons. The van der Waals surface area contributed by atoms with E-state index in [1.165, 1.54) is 5.06 Å². The van der Waals surface area contributed by atoms with Crippen molar-refractivity contribution in [2.45, 2.75) is 25.0 Å². The molecule has 82 valence electrons. The van der Waals surface area contributed by atoms with E-state index in [4.69, 9.17) is 9.57 Å². The summed E-state index contributed by atoms with van der Waals surface area (Å²) >= 11 is 3.50. The van der Waals surface area contributed by atoms with Crippen LogP contribution in [0.1, 0.15) is 13.3 Å². The highest BCUT2D eigenvalue weighted by Crippen LogP contribution is 2.77. The molecule has 4 bridgehead atoms. The highest BCUT2D eigenvalue weighted by Gasteiger charge is 2.90.